The van der Waals surface area contributed by atoms with Gasteiger partial charge >= 0.3 is 0 Å². The highest BCUT2D eigenvalue weighted by Gasteiger charge is 2.06. The van der Waals surface area contributed by atoms with E-state index in [4.69, 9.17) is 31.5 Å². The number of nitrogens with zero attached hydrogens (tertiary/aromatic N) is 1. The summed E-state index contributed by atoms with van der Waals surface area (Å²) in [6, 6.07) is 15.3. The number of hydrogen-bond donors (Lipinski definition) is 1. The van der Waals surface area contributed by atoms with Crippen molar-refractivity contribution in [1.29, 1.82) is 0 Å². The van der Waals surface area contributed by atoms with Gasteiger partial charge in [-0.2, -0.15) is 0 Å². The molecule has 0 amide bonds. The lowest BCUT2D eigenvalue weighted by Gasteiger charge is -2.12. The fourth-order valence-corrected chi connectivity index (χ4v) is 2.57. The Morgan fingerprint density at radius 2 is 1.84 bits per heavy atom. The van der Waals surface area contributed by atoms with Crippen molar-refractivity contribution in [2.24, 2.45) is 5.73 Å². The van der Waals surface area contributed by atoms with Gasteiger partial charge in [-0.05, 0) is 18.2 Å². The maximum atomic E-state index is 6.23. The molecule has 0 fully saturated rings. The highest BCUT2D eigenvalue weighted by atomic mass is 35.5. The van der Waals surface area contributed by atoms with Crippen LogP contribution < -0.4 is 15.2 Å². The van der Waals surface area contributed by atoms with E-state index in [1.165, 1.54) is 7.11 Å². The molecule has 0 saturated carbocycles. The fourth-order valence-electron chi connectivity index (χ4n) is 2.34. The second-order valence-electron chi connectivity index (χ2n) is 5.47. The third-order valence-electron chi connectivity index (χ3n) is 3.72. The zero-order valence-electron chi connectivity index (χ0n) is 13.8. The van der Waals surface area contributed by atoms with E-state index in [2.05, 4.69) is 4.98 Å². The lowest BCUT2D eigenvalue weighted by atomic mass is 10.1. The van der Waals surface area contributed by atoms with E-state index in [-0.39, 0.29) is 6.61 Å². The summed E-state index contributed by atoms with van der Waals surface area (Å²) < 4.78 is 16.3. The molecule has 1 unspecified atom stereocenters. The molecule has 0 radical (unpaired) electrons. The van der Waals surface area contributed by atoms with E-state index < -0.39 is 6.23 Å². The molecule has 1 atom stereocenters. The van der Waals surface area contributed by atoms with Crippen LogP contribution >= 0.6 is 11.6 Å². The predicted octanol–water partition coefficient (Wildman–Crippen LogP) is 3.78. The predicted molar refractivity (Wildman–Crippen MR) is 98.0 cm³/mol. The Balaban J connectivity index is 1.65. The summed E-state index contributed by atoms with van der Waals surface area (Å²) >= 11 is 6.23. The molecule has 1 aromatic heterocycles. The number of hydrogen-bond acceptors (Lipinski definition) is 5. The van der Waals surface area contributed by atoms with Gasteiger partial charge in [-0.15, -0.1) is 0 Å². The van der Waals surface area contributed by atoms with Gasteiger partial charge in [-0.3, -0.25) is 0 Å². The normalized spacial score (nSPS) is 12.1. The number of halogens is 1. The van der Waals surface area contributed by atoms with Gasteiger partial charge in [0.25, 0.3) is 0 Å². The van der Waals surface area contributed by atoms with Crippen LogP contribution in [0.4, 0.5) is 0 Å². The Morgan fingerprint density at radius 3 is 2.56 bits per heavy atom. The Bertz CT molecular complexity index is 840. The Hall–Kier alpha value is -2.34. The van der Waals surface area contributed by atoms with Crippen molar-refractivity contribution in [3.8, 4) is 11.6 Å². The minimum atomic E-state index is -0.469. The SMILES string of the molecule is COC(N)COc1ccc(COc2ccc(Cl)c3ccccc23)cn1. The largest absolute Gasteiger partial charge is 0.488 e. The molecule has 3 rings (SSSR count). The number of aromatic nitrogens is 1. The van der Waals surface area contributed by atoms with Gasteiger partial charge in [0.05, 0.1) is 0 Å². The smallest absolute Gasteiger partial charge is 0.213 e. The number of fused-ring (bicyclic) bond motifs is 1. The van der Waals surface area contributed by atoms with Crippen LogP contribution in [0.3, 0.4) is 0 Å². The number of ether oxygens (including phenoxy) is 3. The van der Waals surface area contributed by atoms with Crippen LogP contribution in [0.1, 0.15) is 5.56 Å². The van der Waals surface area contributed by atoms with Gasteiger partial charge in [-0.25, -0.2) is 4.98 Å². The summed E-state index contributed by atoms with van der Waals surface area (Å²) in [6.45, 7) is 0.645. The molecular formula is C19H19ClN2O3. The van der Waals surface area contributed by atoms with Gasteiger partial charge in [0.1, 0.15) is 25.2 Å². The lowest BCUT2D eigenvalue weighted by Crippen LogP contribution is -2.29. The Kier molecular flexibility index (Phi) is 5.71. The molecule has 0 aliphatic heterocycles. The molecule has 0 bridgehead atoms. The second kappa shape index (κ2) is 8.16. The van der Waals surface area contributed by atoms with Crippen molar-refractivity contribution >= 4 is 22.4 Å². The van der Waals surface area contributed by atoms with Gasteiger partial charge in [0.15, 0.2) is 0 Å². The third-order valence-corrected chi connectivity index (χ3v) is 4.05. The van der Waals surface area contributed by atoms with E-state index >= 15 is 0 Å². The fraction of sp³-hybridized carbons (Fsp3) is 0.211. The van der Waals surface area contributed by atoms with Crippen molar-refractivity contribution < 1.29 is 14.2 Å². The second-order valence-corrected chi connectivity index (χ2v) is 5.88. The van der Waals surface area contributed by atoms with Crippen LogP contribution in [0.2, 0.25) is 5.02 Å². The van der Waals surface area contributed by atoms with E-state index in [0.29, 0.717) is 17.5 Å². The van der Waals surface area contributed by atoms with Crippen molar-refractivity contribution in [2.45, 2.75) is 12.8 Å². The minimum absolute atomic E-state index is 0.246. The summed E-state index contributed by atoms with van der Waals surface area (Å²) in [5.74, 6) is 1.28. The summed E-state index contributed by atoms with van der Waals surface area (Å²) in [5.41, 5.74) is 6.55. The van der Waals surface area contributed by atoms with Crippen LogP contribution in [0, 0.1) is 0 Å². The van der Waals surface area contributed by atoms with Crippen molar-refractivity contribution in [1.82, 2.24) is 4.98 Å². The monoisotopic (exact) mass is 358 g/mol. The molecule has 5 nitrogen and oxygen atoms in total. The Morgan fingerprint density at radius 1 is 1.04 bits per heavy atom. The highest BCUT2D eigenvalue weighted by molar-refractivity contribution is 6.35. The molecule has 25 heavy (non-hydrogen) atoms. The molecule has 130 valence electrons. The maximum absolute atomic E-state index is 6.23. The molecule has 2 N–H and O–H groups in total. The first kappa shape index (κ1) is 17.5. The van der Waals surface area contributed by atoms with Crippen molar-refractivity contribution in [2.75, 3.05) is 13.7 Å². The van der Waals surface area contributed by atoms with Crippen LogP contribution in [0.25, 0.3) is 10.8 Å². The van der Waals surface area contributed by atoms with Gasteiger partial charge < -0.3 is 19.9 Å². The molecule has 0 aliphatic rings. The topological polar surface area (TPSA) is 66.6 Å². The van der Waals surface area contributed by atoms with Crippen molar-refractivity contribution in [3.63, 3.8) is 0 Å². The van der Waals surface area contributed by atoms with E-state index in [1.807, 2.05) is 42.5 Å². The minimum Gasteiger partial charge on any atom is -0.488 e. The summed E-state index contributed by atoms with van der Waals surface area (Å²) in [5, 5.41) is 2.66. The summed E-state index contributed by atoms with van der Waals surface area (Å²) in [6.07, 6.45) is 1.24. The molecule has 1 heterocycles. The van der Waals surface area contributed by atoms with Gasteiger partial charge in [0, 0.05) is 40.7 Å². The first-order valence-corrected chi connectivity index (χ1v) is 8.21. The first-order valence-electron chi connectivity index (χ1n) is 7.83. The molecular weight excluding hydrogens is 340 g/mol. The Labute approximate surface area is 151 Å². The van der Waals surface area contributed by atoms with E-state index in [9.17, 15) is 0 Å². The number of nitrogens with two attached hydrogens (primary N) is 1. The first-order chi connectivity index (χ1) is 12.2. The average Bonchev–Trinajstić information content (AvgIpc) is 2.66. The molecule has 6 heteroatoms. The molecule has 0 aliphatic carbocycles. The standard InChI is InChI=1S/C19H19ClN2O3/c1-23-18(21)12-25-19-9-6-13(10-22-19)11-24-17-8-7-16(20)14-4-2-3-5-15(14)17/h2-10,18H,11-12,21H2,1H3. The van der Waals surface area contributed by atoms with E-state index in [0.717, 1.165) is 22.1 Å². The van der Waals surface area contributed by atoms with Crippen LogP contribution in [0.5, 0.6) is 11.6 Å². The lowest BCUT2D eigenvalue weighted by molar-refractivity contribution is 0.0613. The van der Waals surface area contributed by atoms with Gasteiger partial charge in [-0.1, -0.05) is 35.9 Å². The average molecular weight is 359 g/mol. The zero-order chi connectivity index (χ0) is 17.6. The number of benzene rings is 2. The van der Waals surface area contributed by atoms with Crippen LogP contribution in [-0.2, 0) is 11.3 Å². The molecule has 3 aromatic rings. The molecule has 0 saturated heterocycles. The maximum Gasteiger partial charge on any atom is 0.213 e. The summed E-state index contributed by atoms with van der Waals surface area (Å²) in [7, 11) is 1.53. The molecule has 0 spiro atoms. The van der Waals surface area contributed by atoms with Crippen molar-refractivity contribution in [3.05, 3.63) is 65.3 Å². The third kappa shape index (κ3) is 4.39. The molecule has 2 aromatic carbocycles. The zero-order valence-corrected chi connectivity index (χ0v) is 14.6. The number of methoxy groups -OCH3 is 1. The van der Waals surface area contributed by atoms with Gasteiger partial charge in [0.2, 0.25) is 5.88 Å². The van der Waals surface area contributed by atoms with E-state index in [1.54, 1.807) is 12.3 Å². The highest BCUT2D eigenvalue weighted by Crippen LogP contribution is 2.31. The van der Waals surface area contributed by atoms with Crippen LogP contribution in [0.15, 0.2) is 54.7 Å². The number of rotatable bonds is 7. The number of pyridine rings is 1. The quantitative estimate of drug-likeness (QED) is 0.651. The summed E-state index contributed by atoms with van der Waals surface area (Å²) in [4.78, 5) is 4.24. The van der Waals surface area contributed by atoms with Crippen LogP contribution in [-0.4, -0.2) is 24.9 Å².